The molecule has 0 radical (unpaired) electrons. The summed E-state index contributed by atoms with van der Waals surface area (Å²) >= 11 is 12.3. The first-order valence-electron chi connectivity index (χ1n) is 10.6. The summed E-state index contributed by atoms with van der Waals surface area (Å²) in [4.78, 5) is 18.3. The largest absolute Gasteiger partial charge is 0.455 e. The number of rotatable bonds is 5. The molecule has 5 rings (SSSR count). The van der Waals surface area contributed by atoms with Crippen LogP contribution in [0.1, 0.15) is 10.4 Å². The third kappa shape index (κ3) is 4.74. The van der Waals surface area contributed by atoms with Crippen molar-refractivity contribution in [3.63, 3.8) is 0 Å². The van der Waals surface area contributed by atoms with E-state index in [4.69, 9.17) is 32.9 Å². The molecular formula is C28H18Cl2N2O2. The molecule has 0 aliphatic carbocycles. The number of anilines is 1. The molecule has 34 heavy (non-hydrogen) atoms. The topological polar surface area (TPSA) is 51.2 Å². The van der Waals surface area contributed by atoms with Gasteiger partial charge in [0.25, 0.3) is 5.91 Å². The number of carbonyl (C=O) groups is 1. The average molecular weight is 485 g/mol. The maximum atomic E-state index is 13.5. The second-order valence-electron chi connectivity index (χ2n) is 7.59. The molecule has 4 aromatic carbocycles. The zero-order valence-electron chi connectivity index (χ0n) is 17.8. The number of hydrogen-bond donors (Lipinski definition) is 1. The van der Waals surface area contributed by atoms with E-state index in [0.717, 1.165) is 10.9 Å². The predicted octanol–water partition coefficient (Wildman–Crippen LogP) is 8.25. The number of halogens is 2. The fourth-order valence-electron chi connectivity index (χ4n) is 3.63. The summed E-state index contributed by atoms with van der Waals surface area (Å²) in [5.41, 5.74) is 3.20. The van der Waals surface area contributed by atoms with E-state index < -0.39 is 0 Å². The Morgan fingerprint density at radius 1 is 0.765 bits per heavy atom. The second-order valence-corrected chi connectivity index (χ2v) is 8.46. The van der Waals surface area contributed by atoms with Crippen molar-refractivity contribution in [2.24, 2.45) is 0 Å². The molecule has 0 bridgehead atoms. The Hall–Kier alpha value is -3.86. The van der Waals surface area contributed by atoms with E-state index in [1.54, 1.807) is 36.4 Å². The molecule has 0 saturated heterocycles. The van der Waals surface area contributed by atoms with Crippen LogP contribution in [0.4, 0.5) is 5.69 Å². The minimum atomic E-state index is -0.297. The fraction of sp³-hybridized carbons (Fsp3) is 0. The van der Waals surface area contributed by atoms with Crippen LogP contribution in [0.3, 0.4) is 0 Å². The highest BCUT2D eigenvalue weighted by Gasteiger charge is 2.17. The van der Waals surface area contributed by atoms with Gasteiger partial charge in [0.05, 0.1) is 22.5 Å². The number of nitrogens with zero attached hydrogens (tertiary/aromatic N) is 1. The minimum Gasteiger partial charge on any atom is -0.455 e. The number of fused-ring (bicyclic) bond motifs is 1. The molecule has 0 unspecified atom stereocenters. The van der Waals surface area contributed by atoms with Crippen LogP contribution in [0.2, 0.25) is 10.0 Å². The Morgan fingerprint density at radius 2 is 1.47 bits per heavy atom. The highest BCUT2D eigenvalue weighted by Crippen LogP contribution is 2.33. The van der Waals surface area contributed by atoms with Gasteiger partial charge in [-0.15, -0.1) is 0 Å². The van der Waals surface area contributed by atoms with Crippen LogP contribution in [0, 0.1) is 0 Å². The predicted molar refractivity (Wildman–Crippen MR) is 138 cm³/mol. The summed E-state index contributed by atoms with van der Waals surface area (Å²) in [6.07, 6.45) is 0. The van der Waals surface area contributed by atoms with Crippen molar-refractivity contribution in [2.45, 2.75) is 0 Å². The van der Waals surface area contributed by atoms with Crippen molar-refractivity contribution in [3.05, 3.63) is 119 Å². The number of hydrogen-bond acceptors (Lipinski definition) is 3. The lowest BCUT2D eigenvalue weighted by Gasteiger charge is -2.14. The van der Waals surface area contributed by atoms with Gasteiger partial charge < -0.3 is 10.1 Å². The van der Waals surface area contributed by atoms with Crippen LogP contribution in [-0.4, -0.2) is 10.9 Å². The molecular weight excluding hydrogens is 467 g/mol. The molecule has 1 N–H and O–H groups in total. The molecule has 0 atom stereocenters. The average Bonchev–Trinajstić information content (AvgIpc) is 2.86. The third-order valence-electron chi connectivity index (χ3n) is 5.26. The highest BCUT2D eigenvalue weighted by atomic mass is 35.5. The minimum absolute atomic E-state index is 0.297. The molecule has 166 valence electrons. The van der Waals surface area contributed by atoms with Crippen molar-refractivity contribution in [1.29, 1.82) is 0 Å². The van der Waals surface area contributed by atoms with Gasteiger partial charge in [0, 0.05) is 21.0 Å². The van der Waals surface area contributed by atoms with Crippen molar-refractivity contribution >= 4 is 45.7 Å². The van der Waals surface area contributed by atoms with E-state index in [1.165, 1.54) is 0 Å². The zero-order valence-corrected chi connectivity index (χ0v) is 19.3. The maximum absolute atomic E-state index is 13.5. The molecule has 1 aromatic heterocycles. The normalized spacial score (nSPS) is 10.8. The third-order valence-corrected chi connectivity index (χ3v) is 5.75. The Morgan fingerprint density at radius 3 is 2.26 bits per heavy atom. The van der Waals surface area contributed by atoms with Gasteiger partial charge in [-0.3, -0.25) is 4.79 Å². The Kier molecular flexibility index (Phi) is 6.17. The Balaban J connectivity index is 1.54. The van der Waals surface area contributed by atoms with Gasteiger partial charge >= 0.3 is 0 Å². The van der Waals surface area contributed by atoms with E-state index in [9.17, 15) is 4.79 Å². The number of amides is 1. The number of benzene rings is 4. The Labute approximate surface area is 206 Å². The first-order chi connectivity index (χ1) is 16.6. The summed E-state index contributed by atoms with van der Waals surface area (Å²) < 4.78 is 5.99. The maximum Gasteiger partial charge on any atom is 0.256 e. The van der Waals surface area contributed by atoms with Crippen molar-refractivity contribution in [1.82, 2.24) is 4.98 Å². The van der Waals surface area contributed by atoms with Crippen molar-refractivity contribution < 1.29 is 9.53 Å². The molecule has 5 aromatic rings. The van der Waals surface area contributed by atoms with Gasteiger partial charge in [-0.2, -0.15) is 0 Å². The summed E-state index contributed by atoms with van der Waals surface area (Å²) in [5, 5.41) is 4.83. The van der Waals surface area contributed by atoms with Crippen LogP contribution >= 0.6 is 23.2 Å². The first-order valence-corrected chi connectivity index (χ1v) is 11.3. The van der Waals surface area contributed by atoms with Gasteiger partial charge in [-0.1, -0.05) is 71.7 Å². The summed E-state index contributed by atoms with van der Waals surface area (Å²) in [7, 11) is 0. The molecule has 1 amide bonds. The van der Waals surface area contributed by atoms with Gasteiger partial charge in [-0.05, 0) is 54.6 Å². The number of para-hydroxylation sites is 2. The monoisotopic (exact) mass is 484 g/mol. The van der Waals surface area contributed by atoms with E-state index in [0.29, 0.717) is 44.0 Å². The molecule has 0 aliphatic rings. The molecule has 4 nitrogen and oxygen atoms in total. The van der Waals surface area contributed by atoms with E-state index >= 15 is 0 Å². The van der Waals surface area contributed by atoms with E-state index in [2.05, 4.69) is 5.32 Å². The smallest absolute Gasteiger partial charge is 0.256 e. The highest BCUT2D eigenvalue weighted by molar-refractivity contribution is 6.31. The van der Waals surface area contributed by atoms with E-state index in [-0.39, 0.29) is 5.91 Å². The molecule has 0 spiro atoms. The van der Waals surface area contributed by atoms with Gasteiger partial charge in [0.1, 0.15) is 5.75 Å². The molecule has 0 fully saturated rings. The molecule has 0 saturated carbocycles. The quantitative estimate of drug-likeness (QED) is 0.273. The fourth-order valence-corrected chi connectivity index (χ4v) is 3.92. The van der Waals surface area contributed by atoms with Crippen molar-refractivity contribution in [2.75, 3.05) is 5.32 Å². The second kappa shape index (κ2) is 9.56. The number of ether oxygens (including phenoxy) is 1. The Bertz CT molecular complexity index is 1490. The van der Waals surface area contributed by atoms with Crippen LogP contribution in [0.25, 0.3) is 22.2 Å². The standard InChI is InChI=1S/C28H18Cl2N2O2/c29-19-12-10-18(11-13-19)25-17-23(22-8-4-5-9-24(22)31-25)28(33)32-26-16-20(30)14-15-27(26)34-21-6-2-1-3-7-21/h1-17H,(H,32,33). The van der Waals surface area contributed by atoms with Gasteiger partial charge in [0.15, 0.2) is 5.75 Å². The van der Waals surface area contributed by atoms with E-state index in [1.807, 2.05) is 66.7 Å². The zero-order chi connectivity index (χ0) is 23.5. The van der Waals surface area contributed by atoms with Gasteiger partial charge in [-0.25, -0.2) is 4.98 Å². The first kappa shape index (κ1) is 22.0. The van der Waals surface area contributed by atoms with Crippen LogP contribution in [0.15, 0.2) is 103 Å². The van der Waals surface area contributed by atoms with Crippen LogP contribution in [0.5, 0.6) is 11.5 Å². The lowest BCUT2D eigenvalue weighted by Crippen LogP contribution is -2.14. The molecule has 0 aliphatic heterocycles. The number of pyridine rings is 1. The summed E-state index contributed by atoms with van der Waals surface area (Å²) in [6, 6.07) is 31.1. The number of aromatic nitrogens is 1. The lowest BCUT2D eigenvalue weighted by molar-refractivity contribution is 0.102. The number of nitrogens with one attached hydrogen (secondary N) is 1. The molecule has 1 heterocycles. The number of carbonyl (C=O) groups excluding carboxylic acids is 1. The molecule has 6 heteroatoms. The van der Waals surface area contributed by atoms with Gasteiger partial charge in [0.2, 0.25) is 0 Å². The summed E-state index contributed by atoms with van der Waals surface area (Å²) in [5.74, 6) is 0.842. The lowest BCUT2D eigenvalue weighted by atomic mass is 10.0. The van der Waals surface area contributed by atoms with Crippen molar-refractivity contribution in [3.8, 4) is 22.8 Å². The summed E-state index contributed by atoms with van der Waals surface area (Å²) in [6.45, 7) is 0. The van der Waals surface area contributed by atoms with Crippen LogP contribution in [-0.2, 0) is 0 Å². The SMILES string of the molecule is O=C(Nc1cc(Cl)ccc1Oc1ccccc1)c1cc(-c2ccc(Cl)cc2)nc2ccccc12. The van der Waals surface area contributed by atoms with Crippen LogP contribution < -0.4 is 10.1 Å².